The molecule has 1 aliphatic rings. The summed E-state index contributed by atoms with van der Waals surface area (Å²) in [4.78, 5) is 24.0. The molecule has 0 atom stereocenters. The minimum Gasteiger partial charge on any atom is -0.373 e. The van der Waals surface area contributed by atoms with Crippen LogP contribution in [0.5, 0.6) is 0 Å². The molecular weight excluding hydrogens is 275 g/mol. The number of amides is 1. The van der Waals surface area contributed by atoms with E-state index in [1.807, 2.05) is 0 Å². The number of nitrogens with zero attached hydrogens (tertiary/aromatic N) is 1. The summed E-state index contributed by atoms with van der Waals surface area (Å²) in [6.07, 6.45) is 1.47. The van der Waals surface area contributed by atoms with Crippen LogP contribution in [-0.2, 0) is 17.9 Å². The average molecular weight is 288 g/mol. The van der Waals surface area contributed by atoms with Gasteiger partial charge in [0.05, 0.1) is 24.5 Å². The lowest BCUT2D eigenvalue weighted by Gasteiger charge is -2.23. The van der Waals surface area contributed by atoms with Crippen molar-refractivity contribution in [3.63, 3.8) is 0 Å². The number of hydrogen-bond acceptors (Lipinski definition) is 3. The van der Waals surface area contributed by atoms with Crippen LogP contribution in [-0.4, -0.2) is 17.1 Å². The Hall–Kier alpha value is -2.47. The van der Waals surface area contributed by atoms with Crippen LogP contribution in [0.2, 0.25) is 0 Å². The molecule has 5 nitrogen and oxygen atoms in total. The van der Waals surface area contributed by atoms with Gasteiger partial charge < -0.3 is 15.0 Å². The number of carbonyl (C=O) groups is 1. The molecule has 6 heteroatoms. The molecule has 0 fully saturated rings. The Balaban J connectivity index is 2.31. The van der Waals surface area contributed by atoms with E-state index in [1.165, 1.54) is 30.5 Å². The van der Waals surface area contributed by atoms with Crippen molar-refractivity contribution in [3.8, 4) is 11.1 Å². The Bertz CT molecular complexity index is 766. The zero-order chi connectivity index (χ0) is 15.0. The van der Waals surface area contributed by atoms with Gasteiger partial charge in [0.15, 0.2) is 0 Å². The minimum absolute atomic E-state index is 0.0695. The van der Waals surface area contributed by atoms with Gasteiger partial charge in [-0.3, -0.25) is 9.59 Å². The molecule has 0 spiro atoms. The van der Waals surface area contributed by atoms with Gasteiger partial charge in [0, 0.05) is 12.7 Å². The molecule has 2 heterocycles. The van der Waals surface area contributed by atoms with Crippen molar-refractivity contribution < 1.29 is 13.9 Å². The van der Waals surface area contributed by atoms with Gasteiger partial charge >= 0.3 is 0 Å². The Morgan fingerprint density at radius 1 is 1.29 bits per heavy atom. The van der Waals surface area contributed by atoms with Gasteiger partial charge in [0.25, 0.3) is 5.91 Å². The van der Waals surface area contributed by atoms with Crippen LogP contribution in [0.1, 0.15) is 16.1 Å². The molecule has 1 aromatic heterocycles. The Kier molecular flexibility index (Phi) is 3.31. The maximum absolute atomic E-state index is 13.1. The fourth-order valence-corrected chi connectivity index (χ4v) is 2.48. The van der Waals surface area contributed by atoms with Crippen LogP contribution in [0.25, 0.3) is 11.1 Å². The van der Waals surface area contributed by atoms with Crippen molar-refractivity contribution in [3.05, 3.63) is 57.8 Å². The number of hydrogen-bond donors (Lipinski definition) is 1. The van der Waals surface area contributed by atoms with E-state index < -0.39 is 17.2 Å². The van der Waals surface area contributed by atoms with Crippen LogP contribution in [0.15, 0.2) is 35.3 Å². The number of rotatable bonds is 2. The molecular formula is C15H13FN2O3. The number of benzene rings is 1. The molecule has 0 radical (unpaired) electrons. The number of aromatic nitrogens is 1. The van der Waals surface area contributed by atoms with E-state index in [2.05, 4.69) is 0 Å². The van der Waals surface area contributed by atoms with Gasteiger partial charge in [0.1, 0.15) is 11.4 Å². The van der Waals surface area contributed by atoms with Gasteiger partial charge in [0.2, 0.25) is 5.43 Å². The monoisotopic (exact) mass is 288 g/mol. The summed E-state index contributed by atoms with van der Waals surface area (Å²) in [6.45, 7) is 1.29. The predicted molar refractivity (Wildman–Crippen MR) is 74.3 cm³/mol. The third-order valence-corrected chi connectivity index (χ3v) is 3.51. The first-order valence-corrected chi connectivity index (χ1v) is 6.47. The van der Waals surface area contributed by atoms with Gasteiger partial charge in [-0.05, 0) is 17.7 Å². The van der Waals surface area contributed by atoms with Gasteiger partial charge in [-0.2, -0.15) is 0 Å². The highest BCUT2D eigenvalue weighted by Crippen LogP contribution is 2.24. The largest absolute Gasteiger partial charge is 0.373 e. The van der Waals surface area contributed by atoms with Crippen molar-refractivity contribution >= 4 is 5.91 Å². The zero-order valence-electron chi connectivity index (χ0n) is 11.1. The zero-order valence-corrected chi connectivity index (χ0v) is 11.1. The van der Waals surface area contributed by atoms with Crippen molar-refractivity contribution in [2.24, 2.45) is 5.73 Å². The third kappa shape index (κ3) is 2.34. The second-order valence-electron chi connectivity index (χ2n) is 4.81. The fraction of sp³-hybridized carbons (Fsp3) is 0.200. The smallest absolute Gasteiger partial charge is 0.254 e. The number of primary amides is 1. The molecule has 1 amide bonds. The van der Waals surface area contributed by atoms with Gasteiger partial charge in [-0.25, -0.2) is 4.39 Å². The number of ether oxygens (including phenoxy) is 1. The second-order valence-corrected chi connectivity index (χ2v) is 4.81. The molecule has 0 saturated carbocycles. The van der Waals surface area contributed by atoms with E-state index in [0.717, 1.165) is 0 Å². The molecule has 21 heavy (non-hydrogen) atoms. The predicted octanol–water partition coefficient (Wildman–Crippen LogP) is 1.28. The Morgan fingerprint density at radius 2 is 2.00 bits per heavy atom. The molecule has 1 aromatic carbocycles. The summed E-state index contributed by atoms with van der Waals surface area (Å²) in [5.41, 5.74) is 6.30. The van der Waals surface area contributed by atoms with Crippen molar-refractivity contribution in [2.45, 2.75) is 13.2 Å². The van der Waals surface area contributed by atoms with Crippen LogP contribution in [0.4, 0.5) is 4.39 Å². The maximum Gasteiger partial charge on any atom is 0.254 e. The number of fused-ring (bicyclic) bond motifs is 1. The van der Waals surface area contributed by atoms with Gasteiger partial charge in [-0.1, -0.05) is 12.1 Å². The highest BCUT2D eigenvalue weighted by molar-refractivity contribution is 5.93. The summed E-state index contributed by atoms with van der Waals surface area (Å²) < 4.78 is 20.2. The molecule has 0 bridgehead atoms. The molecule has 0 aliphatic carbocycles. The SMILES string of the molecule is NC(=O)c1cn2c(c(-c3ccc(F)cc3)c1=O)COCC2. The number of pyridine rings is 1. The van der Waals surface area contributed by atoms with E-state index in [1.54, 1.807) is 4.57 Å². The lowest BCUT2D eigenvalue weighted by Crippen LogP contribution is -2.30. The quantitative estimate of drug-likeness (QED) is 0.904. The van der Waals surface area contributed by atoms with E-state index in [9.17, 15) is 14.0 Å². The van der Waals surface area contributed by atoms with Crippen LogP contribution in [0, 0.1) is 5.82 Å². The summed E-state index contributed by atoms with van der Waals surface area (Å²) in [5.74, 6) is -1.17. The van der Waals surface area contributed by atoms with Crippen molar-refractivity contribution in [1.29, 1.82) is 0 Å². The number of halogens is 1. The van der Waals surface area contributed by atoms with Crippen LogP contribution >= 0.6 is 0 Å². The topological polar surface area (TPSA) is 74.3 Å². The summed E-state index contributed by atoms with van der Waals surface area (Å²) in [7, 11) is 0. The summed E-state index contributed by atoms with van der Waals surface area (Å²) in [5, 5.41) is 0. The van der Waals surface area contributed by atoms with Crippen molar-refractivity contribution in [1.82, 2.24) is 4.57 Å². The first-order chi connectivity index (χ1) is 10.1. The van der Waals surface area contributed by atoms with Crippen LogP contribution in [0.3, 0.4) is 0 Å². The molecule has 3 rings (SSSR count). The first kappa shape index (κ1) is 13.5. The second kappa shape index (κ2) is 5.14. The molecule has 0 saturated heterocycles. The standard InChI is InChI=1S/C15H13FN2O3/c16-10-3-1-9(2-4-10)13-12-8-21-6-5-18(12)7-11(14(13)19)15(17)20/h1-4,7H,5-6,8H2,(H2,17,20). The summed E-state index contributed by atoms with van der Waals surface area (Å²) in [6, 6.07) is 5.55. The molecule has 1 aliphatic heterocycles. The first-order valence-electron chi connectivity index (χ1n) is 6.47. The maximum atomic E-state index is 13.1. The Morgan fingerprint density at radius 3 is 2.67 bits per heavy atom. The van der Waals surface area contributed by atoms with Crippen molar-refractivity contribution in [2.75, 3.05) is 6.61 Å². The highest BCUT2D eigenvalue weighted by atomic mass is 19.1. The van der Waals surface area contributed by atoms with E-state index in [4.69, 9.17) is 10.5 Å². The summed E-state index contributed by atoms with van der Waals surface area (Å²) >= 11 is 0. The highest BCUT2D eigenvalue weighted by Gasteiger charge is 2.21. The third-order valence-electron chi connectivity index (χ3n) is 3.51. The van der Waals surface area contributed by atoms with Crippen LogP contribution < -0.4 is 11.2 Å². The van der Waals surface area contributed by atoms with E-state index >= 15 is 0 Å². The van der Waals surface area contributed by atoms with Gasteiger partial charge in [-0.15, -0.1) is 0 Å². The number of nitrogens with two attached hydrogens (primary N) is 1. The molecule has 2 N–H and O–H groups in total. The lowest BCUT2D eigenvalue weighted by molar-refractivity contribution is 0.0836. The average Bonchev–Trinajstić information content (AvgIpc) is 2.48. The van der Waals surface area contributed by atoms with E-state index in [-0.39, 0.29) is 12.2 Å². The molecule has 108 valence electrons. The Labute approximate surface area is 119 Å². The molecule has 2 aromatic rings. The molecule has 0 unspecified atom stereocenters. The normalized spacial score (nSPS) is 13.8. The lowest BCUT2D eigenvalue weighted by atomic mass is 10.00. The fourth-order valence-electron chi connectivity index (χ4n) is 2.48. The minimum atomic E-state index is -0.773. The number of carbonyl (C=O) groups excluding carboxylic acids is 1. The van der Waals surface area contributed by atoms with E-state index in [0.29, 0.717) is 30.0 Å².